The minimum atomic E-state index is -4.06. The predicted molar refractivity (Wildman–Crippen MR) is 48.5 cm³/mol. The van der Waals surface area contributed by atoms with Gasteiger partial charge in [0, 0.05) is 24.1 Å². The number of alkyl halides is 3. The van der Waals surface area contributed by atoms with Gasteiger partial charge < -0.3 is 0 Å². The van der Waals surface area contributed by atoms with Crippen LogP contribution in [0.25, 0.3) is 0 Å². The van der Waals surface area contributed by atoms with Crippen molar-refractivity contribution in [1.29, 1.82) is 0 Å². The summed E-state index contributed by atoms with van der Waals surface area (Å²) in [5.41, 5.74) is 0.993. The zero-order valence-electron chi connectivity index (χ0n) is 7.47. The fourth-order valence-electron chi connectivity index (χ4n) is 1.26. The van der Waals surface area contributed by atoms with Gasteiger partial charge in [-0.3, -0.25) is 0 Å². The van der Waals surface area contributed by atoms with Gasteiger partial charge in [0.25, 0.3) is 0 Å². The Bertz CT molecular complexity index is 314. The molecule has 78 valence electrons. The van der Waals surface area contributed by atoms with Crippen LogP contribution in [0.2, 0.25) is 0 Å². The second-order valence-electron chi connectivity index (χ2n) is 3.56. The van der Waals surface area contributed by atoms with Crippen LogP contribution in [-0.2, 0) is 6.42 Å². The van der Waals surface area contributed by atoms with Crippen LogP contribution in [0.1, 0.15) is 35.9 Å². The topological polar surface area (TPSA) is 12.9 Å². The van der Waals surface area contributed by atoms with Crippen molar-refractivity contribution >= 4 is 11.3 Å². The maximum Gasteiger partial charge on any atom is 0.389 e. The van der Waals surface area contributed by atoms with Crippen LogP contribution in [0.5, 0.6) is 0 Å². The molecule has 0 amide bonds. The van der Waals surface area contributed by atoms with Crippen molar-refractivity contribution in [1.82, 2.24) is 4.98 Å². The van der Waals surface area contributed by atoms with Gasteiger partial charge in [-0.2, -0.15) is 13.2 Å². The van der Waals surface area contributed by atoms with E-state index in [0.29, 0.717) is 10.9 Å². The van der Waals surface area contributed by atoms with E-state index in [1.807, 2.05) is 5.38 Å². The molecular weight excluding hydrogens is 211 g/mol. The van der Waals surface area contributed by atoms with Crippen LogP contribution < -0.4 is 0 Å². The molecule has 1 aromatic rings. The van der Waals surface area contributed by atoms with Gasteiger partial charge in [-0.1, -0.05) is 0 Å². The Morgan fingerprint density at radius 2 is 2.14 bits per heavy atom. The molecular formula is C9H10F3NS. The number of rotatable bonds is 3. The molecule has 0 aliphatic heterocycles. The minimum absolute atomic E-state index is 0.0287. The van der Waals surface area contributed by atoms with Gasteiger partial charge in [0.1, 0.15) is 0 Å². The highest BCUT2D eigenvalue weighted by Gasteiger charge is 2.29. The fraction of sp³-hybridized carbons (Fsp3) is 0.667. The first-order chi connectivity index (χ1) is 6.54. The molecule has 0 radical (unpaired) electrons. The Morgan fingerprint density at radius 1 is 1.43 bits per heavy atom. The summed E-state index contributed by atoms with van der Waals surface area (Å²) in [4.78, 5) is 4.19. The van der Waals surface area contributed by atoms with Crippen molar-refractivity contribution in [2.75, 3.05) is 0 Å². The summed E-state index contributed by atoms with van der Waals surface area (Å²) in [6, 6.07) is 0. The summed E-state index contributed by atoms with van der Waals surface area (Å²) < 4.78 is 35.7. The van der Waals surface area contributed by atoms with Gasteiger partial charge in [0.05, 0.1) is 10.7 Å². The quantitative estimate of drug-likeness (QED) is 0.761. The lowest BCUT2D eigenvalue weighted by atomic mass is 10.3. The van der Waals surface area contributed by atoms with Crippen molar-refractivity contribution in [3.63, 3.8) is 0 Å². The molecule has 0 N–H and O–H groups in total. The molecule has 0 bridgehead atoms. The molecule has 5 heteroatoms. The average molecular weight is 221 g/mol. The molecule has 0 saturated heterocycles. The van der Waals surface area contributed by atoms with Crippen molar-refractivity contribution in [3.8, 4) is 0 Å². The van der Waals surface area contributed by atoms with E-state index >= 15 is 0 Å². The number of hydrogen-bond donors (Lipinski definition) is 0. The van der Waals surface area contributed by atoms with E-state index in [-0.39, 0.29) is 6.42 Å². The zero-order chi connectivity index (χ0) is 10.2. The van der Waals surface area contributed by atoms with E-state index in [0.717, 1.165) is 18.5 Å². The van der Waals surface area contributed by atoms with Crippen LogP contribution in [0, 0.1) is 0 Å². The molecule has 1 saturated carbocycles. The molecule has 1 heterocycles. The molecule has 1 aromatic heterocycles. The first-order valence-electron chi connectivity index (χ1n) is 4.55. The maximum atomic E-state index is 11.9. The van der Waals surface area contributed by atoms with Gasteiger partial charge in [-0.05, 0) is 12.8 Å². The minimum Gasteiger partial charge on any atom is -0.246 e. The second-order valence-corrected chi connectivity index (χ2v) is 4.50. The first-order valence-corrected chi connectivity index (χ1v) is 5.43. The summed E-state index contributed by atoms with van der Waals surface area (Å²) in [5.74, 6) is 0.533. The second kappa shape index (κ2) is 3.53. The Morgan fingerprint density at radius 3 is 2.71 bits per heavy atom. The monoisotopic (exact) mass is 221 g/mol. The lowest BCUT2D eigenvalue weighted by molar-refractivity contribution is -0.134. The highest BCUT2D eigenvalue weighted by Crippen LogP contribution is 2.40. The van der Waals surface area contributed by atoms with E-state index in [1.165, 1.54) is 11.3 Å². The summed E-state index contributed by atoms with van der Waals surface area (Å²) in [6.45, 7) is 0. The van der Waals surface area contributed by atoms with Crippen molar-refractivity contribution < 1.29 is 13.2 Å². The third-order valence-corrected chi connectivity index (χ3v) is 3.11. The predicted octanol–water partition coefficient (Wildman–Crippen LogP) is 3.52. The Labute approximate surface area is 84.0 Å². The highest BCUT2D eigenvalue weighted by atomic mass is 32.1. The van der Waals surface area contributed by atoms with E-state index in [1.54, 1.807) is 0 Å². The number of aryl methyl sites for hydroxylation is 1. The summed E-state index contributed by atoms with van der Waals surface area (Å²) in [5, 5.41) is 2.51. The first kappa shape index (κ1) is 9.96. The van der Waals surface area contributed by atoms with Crippen LogP contribution in [0.3, 0.4) is 0 Å². The smallest absolute Gasteiger partial charge is 0.246 e. The van der Waals surface area contributed by atoms with Crippen LogP contribution in [-0.4, -0.2) is 11.2 Å². The van der Waals surface area contributed by atoms with Gasteiger partial charge in [0.15, 0.2) is 0 Å². The van der Waals surface area contributed by atoms with Crippen molar-refractivity contribution in [3.05, 3.63) is 16.1 Å². The third kappa shape index (κ3) is 2.70. The third-order valence-electron chi connectivity index (χ3n) is 2.19. The fourth-order valence-corrected chi connectivity index (χ4v) is 2.14. The number of aromatic nitrogens is 1. The Balaban J connectivity index is 1.90. The molecule has 0 unspecified atom stereocenters. The largest absolute Gasteiger partial charge is 0.389 e. The van der Waals surface area contributed by atoms with Crippen molar-refractivity contribution in [2.45, 2.75) is 37.8 Å². The van der Waals surface area contributed by atoms with Gasteiger partial charge >= 0.3 is 6.18 Å². The Kier molecular flexibility index (Phi) is 2.51. The number of thiazole rings is 1. The molecule has 1 nitrogen and oxygen atoms in total. The van der Waals surface area contributed by atoms with Crippen molar-refractivity contribution in [2.24, 2.45) is 0 Å². The van der Waals surface area contributed by atoms with E-state index < -0.39 is 12.6 Å². The number of halogens is 3. The molecule has 0 atom stereocenters. The number of nitrogens with zero attached hydrogens (tertiary/aromatic N) is 1. The Hall–Kier alpha value is -0.580. The SMILES string of the molecule is FC(F)(F)CCc1nc(C2CC2)cs1. The summed E-state index contributed by atoms with van der Waals surface area (Å²) >= 11 is 1.35. The molecule has 0 spiro atoms. The molecule has 0 aromatic carbocycles. The zero-order valence-corrected chi connectivity index (χ0v) is 8.29. The van der Waals surface area contributed by atoms with Gasteiger partial charge in [-0.25, -0.2) is 4.98 Å². The van der Waals surface area contributed by atoms with E-state index in [2.05, 4.69) is 4.98 Å². The summed E-state index contributed by atoms with van der Waals surface area (Å²) in [6.07, 6.45) is -2.51. The summed E-state index contributed by atoms with van der Waals surface area (Å²) in [7, 11) is 0. The molecule has 1 aliphatic rings. The average Bonchev–Trinajstić information content (AvgIpc) is 2.81. The van der Waals surface area contributed by atoms with E-state index in [4.69, 9.17) is 0 Å². The highest BCUT2D eigenvalue weighted by molar-refractivity contribution is 7.09. The molecule has 1 aliphatic carbocycles. The lowest BCUT2D eigenvalue weighted by Crippen LogP contribution is -2.08. The van der Waals surface area contributed by atoms with Gasteiger partial charge in [0.2, 0.25) is 0 Å². The van der Waals surface area contributed by atoms with Crippen LogP contribution in [0.15, 0.2) is 5.38 Å². The van der Waals surface area contributed by atoms with Crippen LogP contribution >= 0.6 is 11.3 Å². The molecule has 2 rings (SSSR count). The normalized spacial score (nSPS) is 17.4. The lowest BCUT2D eigenvalue weighted by Gasteiger charge is -2.02. The maximum absolute atomic E-state index is 11.9. The standard InChI is InChI=1S/C9H10F3NS/c10-9(11,12)4-3-8-13-7(5-14-8)6-1-2-6/h5-6H,1-4H2. The molecule has 14 heavy (non-hydrogen) atoms. The van der Waals surface area contributed by atoms with Gasteiger partial charge in [-0.15, -0.1) is 11.3 Å². The van der Waals surface area contributed by atoms with E-state index in [9.17, 15) is 13.2 Å². The molecule has 1 fully saturated rings. The number of hydrogen-bond acceptors (Lipinski definition) is 2. The van der Waals surface area contributed by atoms with Crippen LogP contribution in [0.4, 0.5) is 13.2 Å².